The Hall–Kier alpha value is -1.14. The predicted molar refractivity (Wildman–Crippen MR) is 132 cm³/mol. The summed E-state index contributed by atoms with van der Waals surface area (Å²) < 4.78 is 0.0203. The number of carbonyl (C=O) groups is 1. The van der Waals surface area contributed by atoms with Crippen LogP contribution < -0.4 is 4.90 Å². The van der Waals surface area contributed by atoms with Gasteiger partial charge in [0.2, 0.25) is 5.91 Å². The molecule has 4 aliphatic rings. The second-order valence-electron chi connectivity index (χ2n) is 7.94. The van der Waals surface area contributed by atoms with Crippen molar-refractivity contribution in [1.29, 1.82) is 0 Å². The molecule has 30 heavy (non-hydrogen) atoms. The van der Waals surface area contributed by atoms with Gasteiger partial charge in [0.1, 0.15) is 0 Å². The highest BCUT2D eigenvalue weighted by Gasteiger charge is 2.55. The Morgan fingerprint density at radius 1 is 1.20 bits per heavy atom. The lowest BCUT2D eigenvalue weighted by molar-refractivity contribution is -0.136. The molecule has 0 aromatic heterocycles. The van der Waals surface area contributed by atoms with Crippen molar-refractivity contribution >= 4 is 66.0 Å². The maximum atomic E-state index is 13.4. The van der Waals surface area contributed by atoms with E-state index in [1.807, 2.05) is 36.2 Å². The number of aliphatic imine (C=N–C) groups is 1. The molecule has 3 atom stereocenters. The van der Waals surface area contributed by atoms with E-state index in [0.717, 1.165) is 61.2 Å². The smallest absolute Gasteiger partial charge is 0.226 e. The van der Waals surface area contributed by atoms with Gasteiger partial charge >= 0.3 is 0 Å². The normalized spacial score (nSPS) is 29.3. The topological polar surface area (TPSA) is 35.9 Å². The number of halogens is 3. The van der Waals surface area contributed by atoms with Crippen molar-refractivity contribution < 1.29 is 4.79 Å². The van der Waals surface area contributed by atoms with E-state index in [1.165, 1.54) is 0 Å². The molecule has 3 aliphatic heterocycles. The Morgan fingerprint density at radius 2 is 2.00 bits per heavy atom. The van der Waals surface area contributed by atoms with Crippen LogP contribution in [0.4, 0.5) is 5.69 Å². The van der Waals surface area contributed by atoms with Crippen LogP contribution in [-0.2, 0) is 4.79 Å². The van der Waals surface area contributed by atoms with Gasteiger partial charge in [0, 0.05) is 48.9 Å². The van der Waals surface area contributed by atoms with Crippen molar-refractivity contribution in [1.82, 2.24) is 4.90 Å². The van der Waals surface area contributed by atoms with Gasteiger partial charge in [0.25, 0.3) is 0 Å². The van der Waals surface area contributed by atoms with Crippen LogP contribution in [0.1, 0.15) is 12.8 Å². The number of hydrogen-bond acceptors (Lipinski definition) is 4. The number of hydrogen-bond donors (Lipinski definition) is 0. The molecule has 1 spiro atoms. The van der Waals surface area contributed by atoms with Gasteiger partial charge < -0.3 is 9.80 Å². The number of thioether (sulfide) groups is 1. The van der Waals surface area contributed by atoms with Crippen LogP contribution >= 0.6 is 48.2 Å². The Balaban J connectivity index is 0.00000128. The predicted octanol–water partition coefficient (Wildman–Crippen LogP) is 4.87. The van der Waals surface area contributed by atoms with E-state index in [-0.39, 0.29) is 35.5 Å². The first kappa shape index (κ1) is 23.5. The summed E-state index contributed by atoms with van der Waals surface area (Å²) >= 11 is 8.09. The number of piperazine rings is 1. The molecule has 0 bridgehead atoms. The number of amides is 1. The lowest BCUT2D eigenvalue weighted by Gasteiger charge is -2.41. The highest BCUT2D eigenvalue weighted by Crippen LogP contribution is 2.57. The van der Waals surface area contributed by atoms with E-state index >= 15 is 0 Å². The summed E-state index contributed by atoms with van der Waals surface area (Å²) in [5, 5.41) is 0.758. The minimum Gasteiger partial charge on any atom is -0.368 e. The second kappa shape index (κ2) is 9.56. The number of carbonyl (C=O) groups excluding carboxylic acids is 1. The van der Waals surface area contributed by atoms with Crippen molar-refractivity contribution in [2.75, 3.05) is 36.8 Å². The van der Waals surface area contributed by atoms with Crippen LogP contribution in [-0.4, -0.2) is 53.7 Å². The van der Waals surface area contributed by atoms with Crippen LogP contribution in [0.3, 0.4) is 0 Å². The summed E-state index contributed by atoms with van der Waals surface area (Å²) in [6.07, 6.45) is 10.4. The first-order valence-corrected chi connectivity index (χ1v) is 11.4. The third-order valence-electron chi connectivity index (χ3n) is 6.52. The van der Waals surface area contributed by atoms with Crippen LogP contribution in [0, 0.1) is 11.8 Å². The highest BCUT2D eigenvalue weighted by atomic mass is 35.5. The summed E-state index contributed by atoms with van der Waals surface area (Å²) in [5.41, 5.74) is 2.31. The van der Waals surface area contributed by atoms with E-state index in [0.29, 0.717) is 11.8 Å². The van der Waals surface area contributed by atoms with Gasteiger partial charge in [0.15, 0.2) is 0 Å². The molecular weight excluding hydrogens is 461 g/mol. The Bertz CT molecular complexity index is 882. The fraction of sp³-hybridized carbons (Fsp3) is 0.455. The van der Waals surface area contributed by atoms with E-state index in [9.17, 15) is 4.79 Å². The molecule has 3 heterocycles. The zero-order valence-electron chi connectivity index (χ0n) is 16.6. The Kier molecular flexibility index (Phi) is 7.49. The molecule has 0 saturated carbocycles. The number of allylic oxidation sites excluding steroid dienone is 3. The second-order valence-corrected chi connectivity index (χ2v) is 9.72. The molecule has 1 amide bonds. The molecule has 2 saturated heterocycles. The lowest BCUT2D eigenvalue weighted by atomic mass is 9.73. The van der Waals surface area contributed by atoms with Crippen molar-refractivity contribution in [3.05, 3.63) is 53.2 Å². The monoisotopic (exact) mass is 485 g/mol. The van der Waals surface area contributed by atoms with Crippen molar-refractivity contribution in [2.45, 2.75) is 17.6 Å². The first-order chi connectivity index (χ1) is 13.7. The fourth-order valence-electron chi connectivity index (χ4n) is 5.02. The largest absolute Gasteiger partial charge is 0.368 e. The summed E-state index contributed by atoms with van der Waals surface area (Å²) in [4.78, 5) is 22.5. The van der Waals surface area contributed by atoms with Gasteiger partial charge in [-0.15, -0.1) is 36.6 Å². The summed E-state index contributed by atoms with van der Waals surface area (Å²) in [6.45, 7) is 3.28. The number of benzene rings is 1. The van der Waals surface area contributed by atoms with Gasteiger partial charge in [-0.3, -0.25) is 9.79 Å². The Morgan fingerprint density at radius 3 is 2.77 bits per heavy atom. The lowest BCUT2D eigenvalue weighted by Crippen LogP contribution is -2.52. The van der Waals surface area contributed by atoms with E-state index in [4.69, 9.17) is 11.6 Å². The third kappa shape index (κ3) is 4.02. The molecule has 2 fully saturated rings. The molecule has 162 valence electrons. The molecular formula is C22H26Cl3N3OS. The molecule has 1 aromatic rings. The van der Waals surface area contributed by atoms with Crippen LogP contribution in [0.25, 0.3) is 0 Å². The minimum absolute atomic E-state index is 0. The van der Waals surface area contributed by atoms with Gasteiger partial charge in [-0.25, -0.2) is 0 Å². The average Bonchev–Trinajstić information content (AvgIpc) is 3.11. The zero-order chi connectivity index (χ0) is 19.1. The molecule has 0 N–H and O–H groups in total. The molecule has 1 aliphatic carbocycles. The van der Waals surface area contributed by atoms with Crippen LogP contribution in [0.5, 0.6) is 0 Å². The molecule has 8 heteroatoms. The zero-order valence-corrected chi connectivity index (χ0v) is 19.8. The van der Waals surface area contributed by atoms with Crippen LogP contribution in [0.2, 0.25) is 5.02 Å². The number of nitrogens with zero attached hydrogens (tertiary/aromatic N) is 3. The van der Waals surface area contributed by atoms with Crippen molar-refractivity contribution in [3.63, 3.8) is 0 Å². The van der Waals surface area contributed by atoms with Gasteiger partial charge in [-0.2, -0.15) is 0 Å². The summed E-state index contributed by atoms with van der Waals surface area (Å²) in [6, 6.07) is 7.97. The minimum atomic E-state index is 0. The van der Waals surface area contributed by atoms with Gasteiger partial charge in [0.05, 0.1) is 16.4 Å². The molecule has 5 rings (SSSR count). The molecule has 0 radical (unpaired) electrons. The number of rotatable bonds is 2. The SMILES string of the molecule is Cl.Cl.O=C(C1CSC23CC=CC=C2N=CCC13)N1CCN(c2cccc(Cl)c2)CC1. The molecule has 3 unspecified atom stereocenters. The quantitative estimate of drug-likeness (QED) is 0.598. The maximum absolute atomic E-state index is 13.4. The van der Waals surface area contributed by atoms with Crippen molar-refractivity contribution in [3.8, 4) is 0 Å². The van der Waals surface area contributed by atoms with Crippen LogP contribution in [0.15, 0.2) is 53.2 Å². The fourth-order valence-corrected chi connectivity index (χ4v) is 7.01. The summed E-state index contributed by atoms with van der Waals surface area (Å²) in [5.74, 6) is 1.71. The van der Waals surface area contributed by atoms with E-state index < -0.39 is 0 Å². The van der Waals surface area contributed by atoms with E-state index in [1.54, 1.807) is 0 Å². The highest BCUT2D eigenvalue weighted by molar-refractivity contribution is 8.01. The molecule has 1 aromatic carbocycles. The standard InChI is InChI=1S/C22H24ClN3OS.2ClH/c23-16-4-3-5-17(14-16)25-10-12-26(13-11-25)21(27)18-15-28-22-8-2-1-6-20(22)24-9-7-19(18)22;;/h1-6,9,14,18-19H,7-8,10-13,15H2;2*1H. The average molecular weight is 487 g/mol. The maximum Gasteiger partial charge on any atom is 0.226 e. The first-order valence-electron chi connectivity index (χ1n) is 10.0. The van der Waals surface area contributed by atoms with Gasteiger partial charge in [-0.1, -0.05) is 29.8 Å². The van der Waals surface area contributed by atoms with Gasteiger partial charge in [-0.05, 0) is 43.0 Å². The van der Waals surface area contributed by atoms with E-state index in [2.05, 4.69) is 39.1 Å². The van der Waals surface area contributed by atoms with Crippen molar-refractivity contribution in [2.24, 2.45) is 16.8 Å². The Labute approximate surface area is 199 Å². The number of anilines is 1. The summed E-state index contributed by atoms with van der Waals surface area (Å²) in [7, 11) is 0. The molecule has 4 nitrogen and oxygen atoms in total. The third-order valence-corrected chi connectivity index (χ3v) is 8.48.